The van der Waals surface area contributed by atoms with Crippen LogP contribution < -0.4 is 5.32 Å². The first-order valence-electron chi connectivity index (χ1n) is 6.70. The summed E-state index contributed by atoms with van der Waals surface area (Å²) in [5.74, 6) is -0.130. The number of hydrogen-bond acceptors (Lipinski definition) is 2. The molecule has 106 valence electrons. The Hall–Kier alpha value is -1.81. The van der Waals surface area contributed by atoms with Crippen LogP contribution in [0.1, 0.15) is 30.3 Å². The van der Waals surface area contributed by atoms with Crippen LogP contribution in [0.4, 0.5) is 0 Å². The van der Waals surface area contributed by atoms with Crippen LogP contribution in [0.3, 0.4) is 0 Å². The van der Waals surface area contributed by atoms with Crippen molar-refractivity contribution >= 4 is 17.5 Å². The summed E-state index contributed by atoms with van der Waals surface area (Å²) >= 11 is 5.88. The van der Waals surface area contributed by atoms with Crippen LogP contribution in [0.15, 0.2) is 30.3 Å². The van der Waals surface area contributed by atoms with Gasteiger partial charge in [-0.3, -0.25) is 9.48 Å². The third-order valence-corrected chi connectivity index (χ3v) is 3.32. The standard InChI is InChI=1S/C15H18ClN3O/c1-3-4-9-17-15(20)13-10-14(19(2)18-13)11-5-7-12(16)8-6-11/h5-8,10H,3-4,9H2,1-2H3,(H,17,20). The smallest absolute Gasteiger partial charge is 0.271 e. The first-order valence-corrected chi connectivity index (χ1v) is 7.07. The van der Waals surface area contributed by atoms with Crippen molar-refractivity contribution in [3.8, 4) is 11.3 Å². The molecule has 0 aliphatic heterocycles. The largest absolute Gasteiger partial charge is 0.351 e. The number of rotatable bonds is 5. The van der Waals surface area contributed by atoms with Gasteiger partial charge in [0, 0.05) is 18.6 Å². The van der Waals surface area contributed by atoms with Crippen LogP contribution in [0.2, 0.25) is 5.02 Å². The highest BCUT2D eigenvalue weighted by Crippen LogP contribution is 2.21. The van der Waals surface area contributed by atoms with E-state index in [1.165, 1.54) is 0 Å². The second kappa shape index (κ2) is 6.57. The summed E-state index contributed by atoms with van der Waals surface area (Å²) in [4.78, 5) is 12.0. The summed E-state index contributed by atoms with van der Waals surface area (Å²) in [6.45, 7) is 2.77. The molecule has 0 unspecified atom stereocenters. The van der Waals surface area contributed by atoms with Crippen molar-refractivity contribution in [2.24, 2.45) is 7.05 Å². The molecule has 1 amide bonds. The number of benzene rings is 1. The highest BCUT2D eigenvalue weighted by Gasteiger charge is 2.13. The molecule has 1 aromatic heterocycles. The van der Waals surface area contributed by atoms with Gasteiger partial charge in [-0.15, -0.1) is 0 Å². The molecule has 5 heteroatoms. The Bertz CT molecular complexity index is 590. The van der Waals surface area contributed by atoms with Gasteiger partial charge in [0.2, 0.25) is 0 Å². The predicted molar refractivity (Wildman–Crippen MR) is 80.9 cm³/mol. The van der Waals surface area contributed by atoms with Crippen molar-refractivity contribution in [1.29, 1.82) is 0 Å². The third-order valence-electron chi connectivity index (χ3n) is 3.07. The molecule has 1 N–H and O–H groups in total. The predicted octanol–water partition coefficient (Wildman–Crippen LogP) is 3.27. The fourth-order valence-electron chi connectivity index (χ4n) is 1.94. The fraction of sp³-hybridized carbons (Fsp3) is 0.333. The van der Waals surface area contributed by atoms with Gasteiger partial charge >= 0.3 is 0 Å². The normalized spacial score (nSPS) is 10.6. The van der Waals surface area contributed by atoms with E-state index in [1.54, 1.807) is 10.7 Å². The molecule has 0 saturated heterocycles. The SMILES string of the molecule is CCCCNC(=O)c1cc(-c2ccc(Cl)cc2)n(C)n1. The van der Waals surface area contributed by atoms with E-state index < -0.39 is 0 Å². The molecular weight excluding hydrogens is 274 g/mol. The number of nitrogens with one attached hydrogen (secondary N) is 1. The van der Waals surface area contributed by atoms with Crippen LogP contribution in [0, 0.1) is 0 Å². The summed E-state index contributed by atoms with van der Waals surface area (Å²) in [6.07, 6.45) is 2.03. The van der Waals surface area contributed by atoms with Gasteiger partial charge in [0.1, 0.15) is 0 Å². The van der Waals surface area contributed by atoms with E-state index in [0.29, 0.717) is 17.3 Å². The van der Waals surface area contributed by atoms with Crippen molar-refractivity contribution in [3.63, 3.8) is 0 Å². The van der Waals surface area contributed by atoms with E-state index >= 15 is 0 Å². The molecule has 0 saturated carbocycles. The molecule has 20 heavy (non-hydrogen) atoms. The van der Waals surface area contributed by atoms with Crippen LogP contribution in [0.5, 0.6) is 0 Å². The van der Waals surface area contributed by atoms with E-state index in [9.17, 15) is 4.79 Å². The molecule has 0 spiro atoms. The molecule has 0 atom stereocenters. The highest BCUT2D eigenvalue weighted by molar-refractivity contribution is 6.30. The number of hydrogen-bond donors (Lipinski definition) is 1. The maximum Gasteiger partial charge on any atom is 0.271 e. The zero-order valence-electron chi connectivity index (χ0n) is 11.7. The van der Waals surface area contributed by atoms with Crippen molar-refractivity contribution in [1.82, 2.24) is 15.1 Å². The second-order valence-corrected chi connectivity index (χ2v) is 5.09. The molecule has 0 aliphatic carbocycles. The van der Waals surface area contributed by atoms with Gasteiger partial charge in [-0.2, -0.15) is 5.10 Å². The maximum absolute atomic E-state index is 12.0. The zero-order valence-corrected chi connectivity index (χ0v) is 12.4. The van der Waals surface area contributed by atoms with Crippen LogP contribution >= 0.6 is 11.6 Å². The monoisotopic (exact) mass is 291 g/mol. The molecule has 0 radical (unpaired) electrons. The lowest BCUT2D eigenvalue weighted by molar-refractivity contribution is 0.0947. The number of nitrogens with zero attached hydrogens (tertiary/aromatic N) is 2. The average Bonchev–Trinajstić information content (AvgIpc) is 2.82. The Morgan fingerprint density at radius 3 is 2.70 bits per heavy atom. The van der Waals surface area contributed by atoms with Gasteiger partial charge in [-0.25, -0.2) is 0 Å². The summed E-state index contributed by atoms with van der Waals surface area (Å²) in [5.41, 5.74) is 2.31. The topological polar surface area (TPSA) is 46.9 Å². The summed E-state index contributed by atoms with van der Waals surface area (Å²) in [5, 5.41) is 7.81. The van der Waals surface area contributed by atoms with E-state index in [4.69, 9.17) is 11.6 Å². The Morgan fingerprint density at radius 2 is 2.05 bits per heavy atom. The van der Waals surface area contributed by atoms with Crippen molar-refractivity contribution in [3.05, 3.63) is 41.0 Å². The fourth-order valence-corrected chi connectivity index (χ4v) is 2.06. The van der Waals surface area contributed by atoms with Crippen molar-refractivity contribution in [2.45, 2.75) is 19.8 Å². The Morgan fingerprint density at radius 1 is 1.35 bits per heavy atom. The van der Waals surface area contributed by atoms with Gasteiger partial charge in [0.15, 0.2) is 5.69 Å². The van der Waals surface area contributed by atoms with Gasteiger partial charge in [-0.1, -0.05) is 37.1 Å². The Balaban J connectivity index is 2.17. The number of halogens is 1. The number of amides is 1. The number of unbranched alkanes of at least 4 members (excludes halogenated alkanes) is 1. The van der Waals surface area contributed by atoms with Gasteiger partial charge in [0.25, 0.3) is 5.91 Å². The summed E-state index contributed by atoms with van der Waals surface area (Å²) in [7, 11) is 1.83. The average molecular weight is 292 g/mol. The van der Waals surface area contributed by atoms with E-state index in [2.05, 4.69) is 17.3 Å². The molecule has 4 nitrogen and oxygen atoms in total. The third kappa shape index (κ3) is 3.39. The minimum absolute atomic E-state index is 0.130. The Kier molecular flexibility index (Phi) is 4.79. The molecule has 1 aromatic carbocycles. The number of aryl methyl sites for hydroxylation is 1. The van der Waals surface area contributed by atoms with E-state index in [-0.39, 0.29) is 5.91 Å². The number of carbonyl (C=O) groups is 1. The lowest BCUT2D eigenvalue weighted by atomic mass is 10.1. The molecule has 2 aromatic rings. The molecule has 0 aliphatic rings. The minimum Gasteiger partial charge on any atom is -0.351 e. The molecule has 2 rings (SSSR count). The number of aromatic nitrogens is 2. The first kappa shape index (κ1) is 14.6. The van der Waals surface area contributed by atoms with E-state index in [1.807, 2.05) is 31.3 Å². The molecule has 0 bridgehead atoms. The van der Waals surface area contributed by atoms with Crippen LogP contribution in [0.25, 0.3) is 11.3 Å². The summed E-state index contributed by atoms with van der Waals surface area (Å²) < 4.78 is 1.71. The Labute approximate surface area is 123 Å². The van der Waals surface area contributed by atoms with Gasteiger partial charge in [0.05, 0.1) is 5.69 Å². The molecular formula is C15H18ClN3O. The quantitative estimate of drug-likeness (QED) is 0.860. The number of carbonyl (C=O) groups excluding carboxylic acids is 1. The minimum atomic E-state index is -0.130. The van der Waals surface area contributed by atoms with Crippen molar-refractivity contribution in [2.75, 3.05) is 6.54 Å². The summed E-state index contributed by atoms with van der Waals surface area (Å²) in [6, 6.07) is 9.27. The lowest BCUT2D eigenvalue weighted by Gasteiger charge is -2.00. The highest BCUT2D eigenvalue weighted by atomic mass is 35.5. The first-order chi connectivity index (χ1) is 9.61. The van der Waals surface area contributed by atoms with Crippen LogP contribution in [-0.4, -0.2) is 22.2 Å². The van der Waals surface area contributed by atoms with Gasteiger partial charge in [-0.05, 0) is 30.2 Å². The van der Waals surface area contributed by atoms with Gasteiger partial charge < -0.3 is 5.32 Å². The lowest BCUT2D eigenvalue weighted by Crippen LogP contribution is -2.24. The zero-order chi connectivity index (χ0) is 14.5. The molecule has 0 fully saturated rings. The maximum atomic E-state index is 12.0. The van der Waals surface area contributed by atoms with Crippen LogP contribution in [-0.2, 0) is 7.05 Å². The molecule has 1 heterocycles. The second-order valence-electron chi connectivity index (χ2n) is 4.65. The van der Waals surface area contributed by atoms with E-state index in [0.717, 1.165) is 24.1 Å². The van der Waals surface area contributed by atoms with Crippen molar-refractivity contribution < 1.29 is 4.79 Å².